The second-order valence-electron chi connectivity index (χ2n) is 4.70. The minimum absolute atomic E-state index is 0.166. The summed E-state index contributed by atoms with van der Waals surface area (Å²) in [6.45, 7) is 4.78. The summed E-state index contributed by atoms with van der Waals surface area (Å²) in [6.07, 6.45) is 1.85. The summed E-state index contributed by atoms with van der Waals surface area (Å²) >= 11 is 0. The molecular weight excluding hydrogens is 254 g/mol. The second kappa shape index (κ2) is 6.43. The zero-order valence-corrected chi connectivity index (χ0v) is 12.4. The molecule has 0 fully saturated rings. The Morgan fingerprint density at radius 1 is 1.30 bits per heavy atom. The Labute approximate surface area is 119 Å². The first kappa shape index (κ1) is 14.4. The lowest BCUT2D eigenvalue weighted by Crippen LogP contribution is -2.19. The van der Waals surface area contributed by atoms with Crippen LogP contribution in [0, 0.1) is 6.92 Å². The average Bonchev–Trinajstić information content (AvgIpc) is 2.89. The highest BCUT2D eigenvalue weighted by Gasteiger charge is 2.12. The van der Waals surface area contributed by atoms with Gasteiger partial charge in [-0.1, -0.05) is 6.07 Å². The number of rotatable bonds is 6. The van der Waals surface area contributed by atoms with E-state index in [1.165, 1.54) is 0 Å². The normalized spacial score (nSPS) is 12.2. The first-order valence-corrected chi connectivity index (χ1v) is 6.60. The van der Waals surface area contributed by atoms with Crippen molar-refractivity contribution < 1.29 is 9.47 Å². The molecule has 0 spiro atoms. The van der Waals surface area contributed by atoms with E-state index in [0.717, 1.165) is 35.1 Å². The van der Waals surface area contributed by atoms with Crippen LogP contribution < -0.4 is 14.8 Å². The minimum Gasteiger partial charge on any atom is -0.497 e. The Balaban J connectivity index is 2.06. The first-order valence-electron chi connectivity index (χ1n) is 6.60. The van der Waals surface area contributed by atoms with Crippen LogP contribution in [0.5, 0.6) is 11.5 Å². The van der Waals surface area contributed by atoms with E-state index >= 15 is 0 Å². The quantitative estimate of drug-likeness (QED) is 0.850. The number of H-pyrrole nitrogens is 1. The van der Waals surface area contributed by atoms with Crippen molar-refractivity contribution in [2.75, 3.05) is 14.2 Å². The monoisotopic (exact) mass is 275 g/mol. The van der Waals surface area contributed by atoms with Crippen LogP contribution >= 0.6 is 0 Å². The van der Waals surface area contributed by atoms with Crippen LogP contribution in [0.2, 0.25) is 0 Å². The average molecular weight is 275 g/mol. The van der Waals surface area contributed by atoms with Gasteiger partial charge in [0.25, 0.3) is 0 Å². The van der Waals surface area contributed by atoms with Crippen LogP contribution in [0.15, 0.2) is 24.4 Å². The van der Waals surface area contributed by atoms with Gasteiger partial charge in [-0.2, -0.15) is 0 Å². The first-order chi connectivity index (χ1) is 9.63. The molecule has 5 nitrogen and oxygen atoms in total. The molecule has 0 saturated carbocycles. The number of ether oxygens (including phenoxy) is 2. The molecule has 0 radical (unpaired) electrons. The number of benzene rings is 1. The summed E-state index contributed by atoms with van der Waals surface area (Å²) in [6, 6.07) is 6.03. The fourth-order valence-electron chi connectivity index (χ4n) is 2.11. The van der Waals surface area contributed by atoms with E-state index in [9.17, 15) is 0 Å². The molecule has 1 heterocycles. The van der Waals surface area contributed by atoms with Crippen molar-refractivity contribution in [1.82, 2.24) is 15.3 Å². The van der Waals surface area contributed by atoms with E-state index in [1.54, 1.807) is 14.2 Å². The summed E-state index contributed by atoms with van der Waals surface area (Å²) in [5, 5.41) is 3.45. The molecule has 108 valence electrons. The maximum atomic E-state index is 5.42. The van der Waals surface area contributed by atoms with E-state index in [-0.39, 0.29) is 6.04 Å². The number of aryl methyl sites for hydroxylation is 1. The predicted octanol–water partition coefficient (Wildman–Crippen LogP) is 2.59. The van der Waals surface area contributed by atoms with E-state index in [1.807, 2.05) is 31.3 Å². The van der Waals surface area contributed by atoms with Gasteiger partial charge in [-0.15, -0.1) is 0 Å². The van der Waals surface area contributed by atoms with Gasteiger partial charge >= 0.3 is 0 Å². The van der Waals surface area contributed by atoms with E-state index < -0.39 is 0 Å². The van der Waals surface area contributed by atoms with Crippen molar-refractivity contribution in [3.63, 3.8) is 0 Å². The van der Waals surface area contributed by atoms with Crippen molar-refractivity contribution in [1.29, 1.82) is 0 Å². The molecule has 5 heteroatoms. The van der Waals surface area contributed by atoms with Crippen LogP contribution in [0.3, 0.4) is 0 Å². The van der Waals surface area contributed by atoms with Crippen molar-refractivity contribution in [3.05, 3.63) is 41.5 Å². The number of methoxy groups -OCH3 is 2. The maximum absolute atomic E-state index is 5.42. The van der Waals surface area contributed by atoms with Crippen molar-refractivity contribution in [2.24, 2.45) is 0 Å². The maximum Gasteiger partial charge on any atom is 0.127 e. The van der Waals surface area contributed by atoms with Crippen molar-refractivity contribution >= 4 is 0 Å². The van der Waals surface area contributed by atoms with Gasteiger partial charge in [0.05, 0.1) is 14.2 Å². The van der Waals surface area contributed by atoms with Crippen LogP contribution in [0.4, 0.5) is 0 Å². The Hall–Kier alpha value is -2.01. The fourth-order valence-corrected chi connectivity index (χ4v) is 2.11. The molecule has 1 unspecified atom stereocenters. The molecule has 0 aliphatic rings. The predicted molar refractivity (Wildman–Crippen MR) is 78.1 cm³/mol. The topological polar surface area (TPSA) is 59.2 Å². The summed E-state index contributed by atoms with van der Waals surface area (Å²) in [5.41, 5.74) is 2.17. The van der Waals surface area contributed by atoms with E-state index in [4.69, 9.17) is 9.47 Å². The Morgan fingerprint density at radius 3 is 2.70 bits per heavy atom. The summed E-state index contributed by atoms with van der Waals surface area (Å²) in [7, 11) is 3.32. The van der Waals surface area contributed by atoms with Gasteiger partial charge in [-0.05, 0) is 19.9 Å². The second-order valence-corrected chi connectivity index (χ2v) is 4.70. The Morgan fingerprint density at radius 2 is 2.10 bits per heavy atom. The van der Waals surface area contributed by atoms with Gasteiger partial charge in [0.15, 0.2) is 0 Å². The van der Waals surface area contributed by atoms with Crippen LogP contribution in [0.1, 0.15) is 30.0 Å². The van der Waals surface area contributed by atoms with Crippen molar-refractivity contribution in [2.45, 2.75) is 26.4 Å². The zero-order valence-electron chi connectivity index (χ0n) is 12.4. The highest BCUT2D eigenvalue weighted by atomic mass is 16.5. The number of nitrogens with zero attached hydrogens (tertiary/aromatic N) is 1. The Kier molecular flexibility index (Phi) is 4.63. The Bertz CT molecular complexity index is 566. The SMILES string of the molecule is COc1ccc(C(C)NCc2cnc(C)[nH]2)c(OC)c1. The number of nitrogens with one attached hydrogen (secondary N) is 2. The molecular formula is C15H21N3O2. The largest absolute Gasteiger partial charge is 0.497 e. The van der Waals surface area contributed by atoms with Crippen LogP contribution in [0.25, 0.3) is 0 Å². The van der Waals surface area contributed by atoms with Gasteiger partial charge < -0.3 is 19.8 Å². The summed E-state index contributed by atoms with van der Waals surface area (Å²) < 4.78 is 10.6. The number of hydrogen-bond donors (Lipinski definition) is 2. The van der Waals surface area contributed by atoms with E-state index in [2.05, 4.69) is 22.2 Å². The van der Waals surface area contributed by atoms with Gasteiger partial charge in [-0.3, -0.25) is 0 Å². The molecule has 0 aliphatic heterocycles. The van der Waals surface area contributed by atoms with Crippen LogP contribution in [-0.2, 0) is 6.54 Å². The van der Waals surface area contributed by atoms with Crippen molar-refractivity contribution in [3.8, 4) is 11.5 Å². The lowest BCUT2D eigenvalue weighted by molar-refractivity contribution is 0.385. The molecule has 2 aromatic rings. The molecule has 0 aliphatic carbocycles. The third kappa shape index (κ3) is 3.30. The van der Waals surface area contributed by atoms with Gasteiger partial charge in [0.1, 0.15) is 17.3 Å². The number of hydrogen-bond acceptors (Lipinski definition) is 4. The molecule has 1 aromatic carbocycles. The molecule has 0 bridgehead atoms. The molecule has 1 atom stereocenters. The number of aromatic amines is 1. The standard InChI is InChI=1S/C15H21N3O2/c1-10(16-8-12-9-17-11(2)18-12)14-6-5-13(19-3)7-15(14)20-4/h5-7,9-10,16H,8H2,1-4H3,(H,17,18). The third-order valence-electron chi connectivity index (χ3n) is 3.26. The van der Waals surface area contributed by atoms with Crippen LogP contribution in [-0.4, -0.2) is 24.2 Å². The van der Waals surface area contributed by atoms with Gasteiger partial charge in [0, 0.05) is 36.1 Å². The molecule has 0 amide bonds. The summed E-state index contributed by atoms with van der Waals surface area (Å²) in [5.74, 6) is 2.55. The smallest absolute Gasteiger partial charge is 0.127 e. The fraction of sp³-hybridized carbons (Fsp3) is 0.400. The molecule has 1 aromatic heterocycles. The molecule has 2 N–H and O–H groups in total. The number of aromatic nitrogens is 2. The van der Waals surface area contributed by atoms with E-state index in [0.29, 0.717) is 0 Å². The highest BCUT2D eigenvalue weighted by molar-refractivity contribution is 5.42. The van der Waals surface area contributed by atoms with Gasteiger partial charge in [-0.25, -0.2) is 4.98 Å². The molecule has 2 rings (SSSR count). The highest BCUT2D eigenvalue weighted by Crippen LogP contribution is 2.29. The number of imidazole rings is 1. The zero-order chi connectivity index (χ0) is 14.5. The molecule has 20 heavy (non-hydrogen) atoms. The molecule has 0 saturated heterocycles. The lowest BCUT2D eigenvalue weighted by atomic mass is 10.1. The third-order valence-corrected chi connectivity index (χ3v) is 3.26. The minimum atomic E-state index is 0.166. The lowest BCUT2D eigenvalue weighted by Gasteiger charge is -2.17. The van der Waals surface area contributed by atoms with Gasteiger partial charge in [0.2, 0.25) is 0 Å². The summed E-state index contributed by atoms with van der Waals surface area (Å²) in [4.78, 5) is 7.39.